The van der Waals surface area contributed by atoms with Crippen LogP contribution in [0.15, 0.2) is 58.5 Å². The van der Waals surface area contributed by atoms with Crippen LogP contribution in [0.2, 0.25) is 5.02 Å². The van der Waals surface area contributed by atoms with E-state index in [1.54, 1.807) is 18.2 Å². The Morgan fingerprint density at radius 1 is 1.19 bits per heavy atom. The quantitative estimate of drug-likeness (QED) is 0.368. The summed E-state index contributed by atoms with van der Waals surface area (Å²) in [7, 11) is 0. The van der Waals surface area contributed by atoms with Gasteiger partial charge in [-0.15, -0.1) is 0 Å². The Morgan fingerprint density at radius 3 is 2.66 bits per heavy atom. The number of H-pyrrole nitrogens is 1. The fourth-order valence-corrected chi connectivity index (χ4v) is 4.60. The highest BCUT2D eigenvalue weighted by Crippen LogP contribution is 2.31. The van der Waals surface area contributed by atoms with Crippen molar-refractivity contribution in [3.05, 3.63) is 80.6 Å². The molecular weight excluding hydrogens is 448 g/mol. The number of amides is 2. The molecule has 7 nitrogen and oxygen atoms in total. The molecule has 2 aromatic carbocycles. The fourth-order valence-electron chi connectivity index (χ4n) is 3.46. The van der Waals surface area contributed by atoms with E-state index in [-0.39, 0.29) is 23.7 Å². The van der Waals surface area contributed by atoms with Gasteiger partial charge in [-0.1, -0.05) is 60.6 Å². The molecule has 0 saturated carbocycles. The van der Waals surface area contributed by atoms with E-state index >= 15 is 0 Å². The molecule has 1 atom stereocenters. The second kappa shape index (κ2) is 9.58. The first-order chi connectivity index (χ1) is 15.4. The zero-order valence-electron chi connectivity index (χ0n) is 17.3. The van der Waals surface area contributed by atoms with Crippen LogP contribution < -0.4 is 16.2 Å². The van der Waals surface area contributed by atoms with Gasteiger partial charge in [-0.25, -0.2) is 4.98 Å². The minimum atomic E-state index is -0.927. The third-order valence-corrected chi connectivity index (χ3v) is 6.49. The number of carbonyl (C=O) groups is 2. The zero-order chi connectivity index (χ0) is 22.7. The monoisotopic (exact) mass is 468 g/mol. The Kier molecular flexibility index (Phi) is 6.62. The van der Waals surface area contributed by atoms with E-state index in [4.69, 9.17) is 11.6 Å². The van der Waals surface area contributed by atoms with Gasteiger partial charge in [-0.05, 0) is 35.7 Å². The van der Waals surface area contributed by atoms with Crippen molar-refractivity contribution in [3.8, 4) is 0 Å². The summed E-state index contributed by atoms with van der Waals surface area (Å²) in [5, 5.41) is 6.39. The van der Waals surface area contributed by atoms with Gasteiger partial charge in [-0.3, -0.25) is 14.4 Å². The summed E-state index contributed by atoms with van der Waals surface area (Å²) in [6, 6.07) is 14.9. The van der Waals surface area contributed by atoms with Crippen molar-refractivity contribution >= 4 is 46.7 Å². The van der Waals surface area contributed by atoms with Crippen molar-refractivity contribution in [3.63, 3.8) is 0 Å². The third-order valence-electron chi connectivity index (χ3n) is 5.20. The van der Waals surface area contributed by atoms with Crippen LogP contribution in [0.3, 0.4) is 0 Å². The maximum atomic E-state index is 12.9. The summed E-state index contributed by atoms with van der Waals surface area (Å²) < 4.78 is 0. The van der Waals surface area contributed by atoms with Crippen LogP contribution in [0, 0.1) is 0 Å². The highest BCUT2D eigenvalue weighted by Gasteiger charge is 2.34. The van der Waals surface area contributed by atoms with Crippen LogP contribution in [0.4, 0.5) is 11.5 Å². The summed E-state index contributed by atoms with van der Waals surface area (Å²) in [5.74, 6) is -1.10. The molecule has 0 radical (unpaired) electrons. The molecule has 164 valence electrons. The Balaban J connectivity index is 1.56. The van der Waals surface area contributed by atoms with Gasteiger partial charge in [0, 0.05) is 22.9 Å². The number of nitrogens with zero attached hydrogens (tertiary/aromatic N) is 1. The van der Waals surface area contributed by atoms with Crippen LogP contribution >= 0.6 is 23.4 Å². The molecule has 9 heteroatoms. The van der Waals surface area contributed by atoms with Gasteiger partial charge < -0.3 is 15.6 Å². The van der Waals surface area contributed by atoms with E-state index in [2.05, 4.69) is 20.6 Å². The molecule has 32 heavy (non-hydrogen) atoms. The minimum absolute atomic E-state index is 0.119. The number of thioether (sulfide) groups is 1. The number of fused-ring (bicyclic) bond motifs is 1. The molecule has 3 aromatic rings. The molecule has 2 amide bonds. The Morgan fingerprint density at radius 2 is 1.94 bits per heavy atom. The normalized spacial score (nSPS) is 15.1. The first-order valence-corrected chi connectivity index (χ1v) is 11.5. The standard InChI is InChI=1S/C23H21ClN4O3S/c1-2-13-7-9-15(10-8-13)25-21(30)16-11-18(29)26-20-19(16)22(31)28-23(27-20)32-12-14-5-3-4-6-17(14)24/h3-10,16H,2,11-12H2,1H3,(H,25,30)(H2,26,27,28,29,31). The van der Waals surface area contributed by atoms with E-state index < -0.39 is 17.4 Å². The smallest absolute Gasteiger partial charge is 0.257 e. The van der Waals surface area contributed by atoms with Crippen LogP contribution in [0.25, 0.3) is 0 Å². The number of hydrogen-bond donors (Lipinski definition) is 3. The Bertz CT molecular complexity index is 1230. The molecule has 0 bridgehead atoms. The number of halogens is 1. The number of nitrogens with one attached hydrogen (secondary N) is 3. The lowest BCUT2D eigenvalue weighted by atomic mass is 9.92. The summed E-state index contributed by atoms with van der Waals surface area (Å²) in [6.45, 7) is 2.05. The lowest BCUT2D eigenvalue weighted by molar-refractivity contribution is -0.123. The highest BCUT2D eigenvalue weighted by atomic mass is 35.5. The molecule has 1 aliphatic rings. The molecular formula is C23H21ClN4O3S. The highest BCUT2D eigenvalue weighted by molar-refractivity contribution is 7.98. The average Bonchev–Trinajstić information content (AvgIpc) is 2.78. The second-order valence-electron chi connectivity index (χ2n) is 7.36. The first kappa shape index (κ1) is 22.1. The topological polar surface area (TPSA) is 104 Å². The number of aromatic nitrogens is 2. The predicted octanol–water partition coefficient (Wildman–Crippen LogP) is 4.34. The zero-order valence-corrected chi connectivity index (χ0v) is 18.8. The second-order valence-corrected chi connectivity index (χ2v) is 8.73. The number of aromatic amines is 1. The van der Waals surface area contributed by atoms with Gasteiger partial charge in [0.15, 0.2) is 5.16 Å². The molecule has 3 N–H and O–H groups in total. The summed E-state index contributed by atoms with van der Waals surface area (Å²) in [4.78, 5) is 45.1. The van der Waals surface area contributed by atoms with Crippen molar-refractivity contribution in [1.29, 1.82) is 0 Å². The largest absolute Gasteiger partial charge is 0.326 e. The number of anilines is 2. The molecule has 2 heterocycles. The van der Waals surface area contributed by atoms with Gasteiger partial charge in [-0.2, -0.15) is 0 Å². The van der Waals surface area contributed by atoms with Crippen molar-refractivity contribution in [2.45, 2.75) is 36.6 Å². The maximum absolute atomic E-state index is 12.9. The van der Waals surface area contributed by atoms with Gasteiger partial charge in [0.2, 0.25) is 11.8 Å². The van der Waals surface area contributed by atoms with Crippen LogP contribution in [-0.4, -0.2) is 21.8 Å². The van der Waals surface area contributed by atoms with Crippen molar-refractivity contribution < 1.29 is 9.59 Å². The molecule has 1 aromatic heterocycles. The average molecular weight is 469 g/mol. The van der Waals surface area contributed by atoms with E-state index in [1.165, 1.54) is 11.8 Å². The molecule has 1 aliphatic heterocycles. The molecule has 0 spiro atoms. The molecule has 0 aliphatic carbocycles. The number of carbonyl (C=O) groups excluding carboxylic acids is 2. The van der Waals surface area contributed by atoms with E-state index in [0.29, 0.717) is 21.6 Å². The van der Waals surface area contributed by atoms with Crippen molar-refractivity contribution in [2.75, 3.05) is 10.6 Å². The Hall–Kier alpha value is -3.10. The number of benzene rings is 2. The molecule has 0 saturated heterocycles. The van der Waals surface area contributed by atoms with Gasteiger partial charge >= 0.3 is 0 Å². The molecule has 4 rings (SSSR count). The minimum Gasteiger partial charge on any atom is -0.326 e. The summed E-state index contributed by atoms with van der Waals surface area (Å²) >= 11 is 7.48. The van der Waals surface area contributed by atoms with Gasteiger partial charge in [0.05, 0.1) is 11.5 Å². The van der Waals surface area contributed by atoms with Crippen LogP contribution in [0.5, 0.6) is 0 Å². The van der Waals surface area contributed by atoms with E-state index in [1.807, 2.05) is 37.3 Å². The number of hydrogen-bond acceptors (Lipinski definition) is 5. The van der Waals surface area contributed by atoms with Crippen LogP contribution in [0.1, 0.15) is 36.0 Å². The SMILES string of the molecule is CCc1ccc(NC(=O)C2CC(=O)Nc3nc(SCc4ccccc4Cl)[nH]c(=O)c32)cc1. The lowest BCUT2D eigenvalue weighted by Crippen LogP contribution is -2.36. The summed E-state index contributed by atoms with van der Waals surface area (Å²) in [5.41, 5.74) is 2.37. The van der Waals surface area contributed by atoms with Gasteiger partial charge in [0.1, 0.15) is 5.82 Å². The Labute approximate surface area is 194 Å². The lowest BCUT2D eigenvalue weighted by Gasteiger charge is -2.23. The fraction of sp³-hybridized carbons (Fsp3) is 0.217. The van der Waals surface area contributed by atoms with Gasteiger partial charge in [0.25, 0.3) is 5.56 Å². The number of aryl methyl sites for hydroxylation is 1. The summed E-state index contributed by atoms with van der Waals surface area (Å²) in [6.07, 6.45) is 0.769. The molecule has 1 unspecified atom stereocenters. The van der Waals surface area contributed by atoms with E-state index in [9.17, 15) is 14.4 Å². The third kappa shape index (κ3) is 4.87. The maximum Gasteiger partial charge on any atom is 0.257 e. The number of rotatable bonds is 6. The van der Waals surface area contributed by atoms with Crippen molar-refractivity contribution in [2.24, 2.45) is 0 Å². The van der Waals surface area contributed by atoms with Crippen molar-refractivity contribution in [1.82, 2.24) is 9.97 Å². The first-order valence-electron chi connectivity index (χ1n) is 10.1. The predicted molar refractivity (Wildman–Crippen MR) is 126 cm³/mol. The van der Waals surface area contributed by atoms with E-state index in [0.717, 1.165) is 17.5 Å². The van der Waals surface area contributed by atoms with Crippen LogP contribution in [-0.2, 0) is 21.8 Å². The molecule has 0 fully saturated rings.